The maximum atomic E-state index is 12.4. The number of hydrogen-bond acceptors (Lipinski definition) is 4. The molecule has 0 aliphatic carbocycles. The lowest BCUT2D eigenvalue weighted by Crippen LogP contribution is -2.49. The minimum Gasteiger partial charge on any atom is -0.381 e. The van der Waals surface area contributed by atoms with Gasteiger partial charge in [-0.1, -0.05) is 0 Å². The number of methoxy groups -OCH3 is 1. The molecule has 3 heterocycles. The number of likely N-dealkylation sites (tertiary alicyclic amines) is 2. The first-order chi connectivity index (χ1) is 10.8. The van der Waals surface area contributed by atoms with Crippen LogP contribution in [0.4, 0.5) is 0 Å². The first kappa shape index (κ1) is 15.4. The number of rotatable bonds is 3. The second kappa shape index (κ2) is 7.20. The molecule has 0 saturated carbocycles. The lowest BCUT2D eigenvalue weighted by atomic mass is 9.98. The van der Waals surface area contributed by atoms with Crippen LogP contribution in [0.3, 0.4) is 0 Å². The zero-order valence-electron chi connectivity index (χ0n) is 13.3. The van der Waals surface area contributed by atoms with E-state index in [1.165, 1.54) is 0 Å². The van der Waals surface area contributed by atoms with Crippen molar-refractivity contribution in [2.75, 3.05) is 33.3 Å². The van der Waals surface area contributed by atoms with Gasteiger partial charge < -0.3 is 14.5 Å². The van der Waals surface area contributed by atoms with E-state index in [4.69, 9.17) is 4.74 Å². The van der Waals surface area contributed by atoms with Crippen LogP contribution in [-0.4, -0.2) is 66.1 Å². The molecule has 0 aromatic carbocycles. The van der Waals surface area contributed by atoms with Crippen molar-refractivity contribution in [1.82, 2.24) is 14.8 Å². The highest BCUT2D eigenvalue weighted by Gasteiger charge is 2.29. The molecule has 0 N–H and O–H groups in total. The van der Waals surface area contributed by atoms with Crippen LogP contribution in [0.2, 0.25) is 0 Å². The summed E-state index contributed by atoms with van der Waals surface area (Å²) >= 11 is 0. The largest absolute Gasteiger partial charge is 0.381 e. The Morgan fingerprint density at radius 1 is 1.18 bits per heavy atom. The highest BCUT2D eigenvalue weighted by atomic mass is 16.5. The fourth-order valence-corrected chi connectivity index (χ4v) is 3.58. The van der Waals surface area contributed by atoms with Crippen LogP contribution in [0.25, 0.3) is 0 Å². The molecule has 2 saturated heterocycles. The Morgan fingerprint density at radius 2 is 1.91 bits per heavy atom. The molecular formula is C17H25N3O2. The number of pyridine rings is 1. The van der Waals surface area contributed by atoms with Crippen molar-refractivity contribution in [3.63, 3.8) is 0 Å². The monoisotopic (exact) mass is 303 g/mol. The Bertz CT molecular complexity index is 478. The molecular weight excluding hydrogens is 278 g/mol. The van der Waals surface area contributed by atoms with E-state index in [9.17, 15) is 4.79 Å². The maximum absolute atomic E-state index is 12.4. The quantitative estimate of drug-likeness (QED) is 0.854. The van der Waals surface area contributed by atoms with Crippen LogP contribution < -0.4 is 0 Å². The van der Waals surface area contributed by atoms with E-state index in [1.807, 2.05) is 24.1 Å². The van der Waals surface area contributed by atoms with Gasteiger partial charge in [0.05, 0.1) is 11.7 Å². The highest BCUT2D eigenvalue weighted by Crippen LogP contribution is 2.22. The Labute approximate surface area is 132 Å². The van der Waals surface area contributed by atoms with Crippen molar-refractivity contribution in [3.05, 3.63) is 30.1 Å². The average molecular weight is 303 g/mol. The van der Waals surface area contributed by atoms with E-state index in [2.05, 4.69) is 9.88 Å². The number of piperidine rings is 2. The Hall–Kier alpha value is -1.46. The summed E-state index contributed by atoms with van der Waals surface area (Å²) in [4.78, 5) is 21.0. The summed E-state index contributed by atoms with van der Waals surface area (Å²) in [6, 6.07) is 4.28. The van der Waals surface area contributed by atoms with E-state index >= 15 is 0 Å². The van der Waals surface area contributed by atoms with E-state index in [1.54, 1.807) is 12.4 Å². The molecule has 5 heteroatoms. The van der Waals surface area contributed by atoms with Gasteiger partial charge in [0.25, 0.3) is 5.91 Å². The molecule has 1 amide bonds. The molecule has 0 radical (unpaired) electrons. The summed E-state index contributed by atoms with van der Waals surface area (Å²) in [5.74, 6) is 0.115. The number of nitrogens with zero attached hydrogens (tertiary/aromatic N) is 3. The second-order valence-electron chi connectivity index (χ2n) is 6.24. The van der Waals surface area contributed by atoms with E-state index < -0.39 is 0 Å². The summed E-state index contributed by atoms with van der Waals surface area (Å²) in [5.41, 5.74) is 0.696. The third-order valence-electron chi connectivity index (χ3n) is 4.99. The first-order valence-electron chi connectivity index (χ1n) is 8.24. The predicted molar refractivity (Wildman–Crippen MR) is 84.8 cm³/mol. The normalized spacial score (nSPS) is 22.0. The van der Waals surface area contributed by atoms with Gasteiger partial charge in [0.15, 0.2) is 0 Å². The molecule has 2 aliphatic heterocycles. The van der Waals surface area contributed by atoms with Gasteiger partial charge in [0.1, 0.15) is 0 Å². The zero-order valence-corrected chi connectivity index (χ0v) is 13.3. The molecule has 22 heavy (non-hydrogen) atoms. The predicted octanol–water partition coefficient (Wildman–Crippen LogP) is 1.80. The SMILES string of the molecule is COC1CCN(C2CCN(C(=O)c3cccnc3)CC2)CC1. The van der Waals surface area contributed by atoms with Crippen LogP contribution >= 0.6 is 0 Å². The van der Waals surface area contributed by atoms with Crippen LogP contribution in [-0.2, 0) is 4.74 Å². The maximum Gasteiger partial charge on any atom is 0.255 e. The number of aromatic nitrogens is 1. The number of carbonyl (C=O) groups excluding carboxylic acids is 1. The standard InChI is InChI=1S/C17H25N3O2/c1-22-16-6-11-19(12-7-16)15-4-9-20(10-5-15)17(21)14-3-2-8-18-13-14/h2-3,8,13,15-16H,4-7,9-12H2,1H3. The molecule has 1 aromatic rings. The van der Waals surface area contributed by atoms with Gasteiger partial charge in [-0.25, -0.2) is 0 Å². The Kier molecular flexibility index (Phi) is 5.05. The van der Waals surface area contributed by atoms with Gasteiger partial charge in [0.2, 0.25) is 0 Å². The van der Waals surface area contributed by atoms with Gasteiger partial charge in [-0.2, -0.15) is 0 Å². The second-order valence-corrected chi connectivity index (χ2v) is 6.24. The molecule has 3 rings (SSSR count). The smallest absolute Gasteiger partial charge is 0.255 e. The van der Waals surface area contributed by atoms with Crippen LogP contribution in [0.1, 0.15) is 36.0 Å². The van der Waals surface area contributed by atoms with Crippen LogP contribution in [0.15, 0.2) is 24.5 Å². The van der Waals surface area contributed by atoms with E-state index in [0.29, 0.717) is 17.7 Å². The van der Waals surface area contributed by atoms with E-state index in [-0.39, 0.29) is 5.91 Å². The average Bonchev–Trinajstić information content (AvgIpc) is 2.62. The van der Waals surface area contributed by atoms with Gasteiger partial charge >= 0.3 is 0 Å². The molecule has 120 valence electrons. The summed E-state index contributed by atoms with van der Waals surface area (Å²) < 4.78 is 5.44. The van der Waals surface area contributed by atoms with Gasteiger partial charge in [-0.15, -0.1) is 0 Å². The minimum absolute atomic E-state index is 0.115. The summed E-state index contributed by atoms with van der Waals surface area (Å²) in [6.07, 6.45) is 8.20. The third kappa shape index (κ3) is 3.47. The van der Waals surface area contributed by atoms with E-state index in [0.717, 1.165) is 51.9 Å². The van der Waals surface area contributed by atoms with Gasteiger partial charge in [0, 0.05) is 51.7 Å². The molecule has 0 unspecified atom stereocenters. The molecule has 1 aromatic heterocycles. The van der Waals surface area contributed by atoms with Gasteiger partial charge in [-0.3, -0.25) is 9.78 Å². The highest BCUT2D eigenvalue weighted by molar-refractivity contribution is 5.93. The topological polar surface area (TPSA) is 45.7 Å². The lowest BCUT2D eigenvalue weighted by Gasteiger charge is -2.41. The minimum atomic E-state index is 0.115. The van der Waals surface area contributed by atoms with Crippen molar-refractivity contribution in [1.29, 1.82) is 0 Å². The number of hydrogen-bond donors (Lipinski definition) is 0. The molecule has 0 bridgehead atoms. The fourth-order valence-electron chi connectivity index (χ4n) is 3.58. The summed E-state index contributed by atoms with van der Waals surface area (Å²) in [5, 5.41) is 0. The lowest BCUT2D eigenvalue weighted by molar-refractivity contribution is 0.0145. The molecule has 5 nitrogen and oxygen atoms in total. The zero-order chi connectivity index (χ0) is 15.4. The number of carbonyl (C=O) groups is 1. The summed E-state index contributed by atoms with van der Waals surface area (Å²) in [7, 11) is 1.81. The van der Waals surface area contributed by atoms with Crippen molar-refractivity contribution in [3.8, 4) is 0 Å². The molecule has 2 fully saturated rings. The fraction of sp³-hybridized carbons (Fsp3) is 0.647. The summed E-state index contributed by atoms with van der Waals surface area (Å²) in [6.45, 7) is 3.95. The Balaban J connectivity index is 1.49. The third-order valence-corrected chi connectivity index (χ3v) is 4.99. The van der Waals surface area contributed by atoms with Gasteiger partial charge in [-0.05, 0) is 37.8 Å². The number of ether oxygens (including phenoxy) is 1. The Morgan fingerprint density at radius 3 is 2.50 bits per heavy atom. The van der Waals surface area contributed by atoms with Crippen molar-refractivity contribution >= 4 is 5.91 Å². The molecule has 0 atom stereocenters. The molecule has 2 aliphatic rings. The van der Waals surface area contributed by atoms with Crippen LogP contribution in [0, 0.1) is 0 Å². The van der Waals surface area contributed by atoms with Crippen LogP contribution in [0.5, 0.6) is 0 Å². The first-order valence-corrected chi connectivity index (χ1v) is 8.24. The van der Waals surface area contributed by atoms with Crippen molar-refractivity contribution in [2.24, 2.45) is 0 Å². The number of amides is 1. The molecule has 0 spiro atoms. The van der Waals surface area contributed by atoms with Crippen molar-refractivity contribution in [2.45, 2.75) is 37.8 Å². The van der Waals surface area contributed by atoms with Crippen molar-refractivity contribution < 1.29 is 9.53 Å².